The molecule has 0 aromatic heterocycles. The quantitative estimate of drug-likeness (QED) is 0.632. The van der Waals surface area contributed by atoms with Crippen molar-refractivity contribution in [3.05, 3.63) is 29.3 Å². The topological polar surface area (TPSA) is 88.1 Å². The van der Waals surface area contributed by atoms with Gasteiger partial charge >= 0.3 is 0 Å². The van der Waals surface area contributed by atoms with Gasteiger partial charge in [-0.2, -0.15) is 0 Å². The molecule has 3 rings (SSSR count). The normalized spacial score (nSPS) is 21.4. The van der Waals surface area contributed by atoms with Crippen LogP contribution in [0.15, 0.2) is 18.2 Å². The van der Waals surface area contributed by atoms with Crippen LogP contribution in [-0.2, 0) is 9.53 Å². The molecule has 0 spiro atoms. The summed E-state index contributed by atoms with van der Waals surface area (Å²) < 4.78 is 11.1. The van der Waals surface area contributed by atoms with Crippen molar-refractivity contribution in [2.45, 2.75) is 25.8 Å². The summed E-state index contributed by atoms with van der Waals surface area (Å²) >= 11 is 0. The standard InChI is InChI=1S/C17H22N2O5/c1-11-14-3-2-13(16(20)18-22)10-15(14)24-9-6-19(11)17(21)12-4-7-23-8-5-12/h2-3,10-12,22H,4-9H2,1H3,(H,18,20). The van der Waals surface area contributed by atoms with E-state index in [0.29, 0.717) is 37.7 Å². The summed E-state index contributed by atoms with van der Waals surface area (Å²) in [4.78, 5) is 26.3. The number of rotatable bonds is 2. The number of hydrogen-bond donors (Lipinski definition) is 2. The summed E-state index contributed by atoms with van der Waals surface area (Å²) in [6, 6.07) is 4.86. The number of fused-ring (bicyclic) bond motifs is 1. The third-order valence-electron chi connectivity index (χ3n) is 4.74. The lowest BCUT2D eigenvalue weighted by Gasteiger charge is -2.32. The van der Waals surface area contributed by atoms with Gasteiger partial charge in [-0.1, -0.05) is 6.07 Å². The van der Waals surface area contributed by atoms with E-state index in [1.807, 2.05) is 11.8 Å². The minimum Gasteiger partial charge on any atom is -0.491 e. The summed E-state index contributed by atoms with van der Waals surface area (Å²) in [7, 11) is 0. The fraction of sp³-hybridized carbons (Fsp3) is 0.529. The van der Waals surface area contributed by atoms with Gasteiger partial charge in [0.05, 0.1) is 12.6 Å². The van der Waals surface area contributed by atoms with Crippen molar-refractivity contribution < 1.29 is 24.3 Å². The van der Waals surface area contributed by atoms with Crippen LogP contribution < -0.4 is 10.2 Å². The van der Waals surface area contributed by atoms with Crippen molar-refractivity contribution in [3.63, 3.8) is 0 Å². The molecule has 2 aliphatic rings. The van der Waals surface area contributed by atoms with Crippen LogP contribution in [0.5, 0.6) is 5.75 Å². The Hall–Kier alpha value is -2.12. The molecule has 7 nitrogen and oxygen atoms in total. The van der Waals surface area contributed by atoms with Crippen molar-refractivity contribution in [1.82, 2.24) is 10.4 Å². The van der Waals surface area contributed by atoms with Gasteiger partial charge in [-0.25, -0.2) is 5.48 Å². The van der Waals surface area contributed by atoms with Crippen molar-refractivity contribution in [2.24, 2.45) is 5.92 Å². The number of hydrogen-bond acceptors (Lipinski definition) is 5. The molecule has 2 aliphatic heterocycles. The van der Waals surface area contributed by atoms with Crippen LogP contribution in [0.4, 0.5) is 0 Å². The second kappa shape index (κ2) is 7.19. The number of benzene rings is 1. The van der Waals surface area contributed by atoms with Crippen LogP contribution in [0.3, 0.4) is 0 Å². The number of nitrogens with zero attached hydrogens (tertiary/aromatic N) is 1. The average Bonchev–Trinajstić information content (AvgIpc) is 2.79. The second-order valence-electron chi connectivity index (χ2n) is 6.14. The molecule has 24 heavy (non-hydrogen) atoms. The van der Waals surface area contributed by atoms with E-state index in [9.17, 15) is 9.59 Å². The molecular formula is C17H22N2O5. The molecule has 1 aromatic rings. The average molecular weight is 334 g/mol. The van der Waals surface area contributed by atoms with E-state index in [1.165, 1.54) is 0 Å². The Kier molecular flexibility index (Phi) is 5.01. The second-order valence-corrected chi connectivity index (χ2v) is 6.14. The molecule has 0 saturated carbocycles. The number of carbonyl (C=O) groups is 2. The summed E-state index contributed by atoms with van der Waals surface area (Å²) in [5.41, 5.74) is 2.79. The first-order chi connectivity index (χ1) is 11.6. The van der Waals surface area contributed by atoms with Gasteiger partial charge in [0.25, 0.3) is 5.91 Å². The van der Waals surface area contributed by atoms with E-state index in [4.69, 9.17) is 14.7 Å². The fourth-order valence-electron chi connectivity index (χ4n) is 3.31. The van der Waals surface area contributed by atoms with Crippen molar-refractivity contribution in [2.75, 3.05) is 26.4 Å². The van der Waals surface area contributed by atoms with E-state index < -0.39 is 5.91 Å². The van der Waals surface area contributed by atoms with Gasteiger partial charge in [-0.15, -0.1) is 0 Å². The van der Waals surface area contributed by atoms with E-state index in [-0.39, 0.29) is 17.9 Å². The smallest absolute Gasteiger partial charge is 0.274 e. The molecule has 1 saturated heterocycles. The number of ether oxygens (including phenoxy) is 2. The molecule has 1 unspecified atom stereocenters. The van der Waals surface area contributed by atoms with Crippen LogP contribution in [0.1, 0.15) is 41.7 Å². The number of nitrogens with one attached hydrogen (secondary N) is 1. The highest BCUT2D eigenvalue weighted by atomic mass is 16.5. The first-order valence-corrected chi connectivity index (χ1v) is 8.21. The van der Waals surface area contributed by atoms with E-state index in [1.54, 1.807) is 23.7 Å². The van der Waals surface area contributed by atoms with Crippen molar-refractivity contribution in [1.29, 1.82) is 0 Å². The first kappa shape index (κ1) is 16.7. The third kappa shape index (κ3) is 3.22. The zero-order valence-corrected chi connectivity index (χ0v) is 13.7. The fourth-order valence-corrected chi connectivity index (χ4v) is 3.31. The zero-order chi connectivity index (χ0) is 17.1. The maximum atomic E-state index is 12.9. The van der Waals surface area contributed by atoms with Crippen LogP contribution in [-0.4, -0.2) is 48.3 Å². The monoisotopic (exact) mass is 334 g/mol. The van der Waals surface area contributed by atoms with Gasteiger partial charge in [0, 0.05) is 30.3 Å². The maximum absolute atomic E-state index is 12.9. The molecule has 0 radical (unpaired) electrons. The van der Waals surface area contributed by atoms with Gasteiger partial charge in [0.2, 0.25) is 5.91 Å². The molecule has 1 fully saturated rings. The molecule has 0 aliphatic carbocycles. The highest BCUT2D eigenvalue weighted by molar-refractivity contribution is 5.94. The summed E-state index contributed by atoms with van der Waals surface area (Å²) in [6.45, 7) is 4.11. The number of amides is 2. The molecule has 130 valence electrons. The lowest BCUT2D eigenvalue weighted by atomic mass is 9.96. The minimum atomic E-state index is -0.589. The summed E-state index contributed by atoms with van der Waals surface area (Å²) in [6.07, 6.45) is 1.51. The van der Waals surface area contributed by atoms with Crippen molar-refractivity contribution in [3.8, 4) is 5.75 Å². The molecule has 1 atom stereocenters. The number of hydroxylamine groups is 1. The Balaban J connectivity index is 1.83. The molecule has 7 heteroatoms. The van der Waals surface area contributed by atoms with Gasteiger partial charge in [0.1, 0.15) is 12.4 Å². The van der Waals surface area contributed by atoms with Crippen molar-refractivity contribution >= 4 is 11.8 Å². The largest absolute Gasteiger partial charge is 0.491 e. The maximum Gasteiger partial charge on any atom is 0.274 e. The lowest BCUT2D eigenvalue weighted by Crippen LogP contribution is -2.41. The highest BCUT2D eigenvalue weighted by Crippen LogP contribution is 2.34. The molecule has 0 bridgehead atoms. The molecule has 2 N–H and O–H groups in total. The summed E-state index contributed by atoms with van der Waals surface area (Å²) in [5, 5.41) is 8.76. The van der Waals surface area contributed by atoms with Crippen LogP contribution in [0, 0.1) is 5.92 Å². The molecule has 2 amide bonds. The number of carbonyl (C=O) groups excluding carboxylic acids is 2. The predicted molar refractivity (Wildman–Crippen MR) is 84.9 cm³/mol. The Morgan fingerprint density at radius 3 is 2.71 bits per heavy atom. The SMILES string of the molecule is CC1c2ccc(C(=O)NO)cc2OCCN1C(=O)C1CCOCC1. The Morgan fingerprint density at radius 1 is 1.25 bits per heavy atom. The van der Waals surface area contributed by atoms with Gasteiger partial charge in [-0.05, 0) is 31.9 Å². The van der Waals surface area contributed by atoms with Crippen LogP contribution >= 0.6 is 0 Å². The van der Waals surface area contributed by atoms with Gasteiger partial charge in [0.15, 0.2) is 0 Å². The lowest BCUT2D eigenvalue weighted by molar-refractivity contribution is -0.140. The van der Waals surface area contributed by atoms with E-state index >= 15 is 0 Å². The zero-order valence-electron chi connectivity index (χ0n) is 13.7. The highest BCUT2D eigenvalue weighted by Gasteiger charge is 2.32. The minimum absolute atomic E-state index is 0.00203. The Labute approximate surface area is 140 Å². The van der Waals surface area contributed by atoms with E-state index in [0.717, 1.165) is 18.4 Å². The Bertz CT molecular complexity index is 627. The van der Waals surface area contributed by atoms with Crippen LogP contribution in [0.2, 0.25) is 0 Å². The molecular weight excluding hydrogens is 312 g/mol. The third-order valence-corrected chi connectivity index (χ3v) is 4.74. The first-order valence-electron chi connectivity index (χ1n) is 8.21. The molecule has 2 heterocycles. The molecule has 1 aromatic carbocycles. The predicted octanol–water partition coefficient (Wildman–Crippen LogP) is 1.51. The van der Waals surface area contributed by atoms with E-state index in [2.05, 4.69) is 0 Å². The van der Waals surface area contributed by atoms with Gasteiger partial charge < -0.3 is 14.4 Å². The van der Waals surface area contributed by atoms with Gasteiger partial charge in [-0.3, -0.25) is 14.8 Å². The Morgan fingerprint density at radius 2 is 2.00 bits per heavy atom. The van der Waals surface area contributed by atoms with Crippen LogP contribution in [0.25, 0.3) is 0 Å². The summed E-state index contributed by atoms with van der Waals surface area (Å²) in [5.74, 6) is 0.126.